The van der Waals surface area contributed by atoms with E-state index in [4.69, 9.17) is 5.73 Å². The van der Waals surface area contributed by atoms with Gasteiger partial charge in [0, 0.05) is 30.9 Å². The van der Waals surface area contributed by atoms with E-state index >= 15 is 0 Å². The third kappa shape index (κ3) is 3.25. The summed E-state index contributed by atoms with van der Waals surface area (Å²) in [6.07, 6.45) is -4.53. The van der Waals surface area contributed by atoms with Crippen LogP contribution in [0.25, 0.3) is 0 Å². The Bertz CT molecular complexity index is 644. The maximum Gasteiger partial charge on any atom is 0.433 e. The van der Waals surface area contributed by atoms with Gasteiger partial charge in [0.25, 0.3) is 0 Å². The van der Waals surface area contributed by atoms with E-state index in [0.717, 1.165) is 6.07 Å². The van der Waals surface area contributed by atoms with E-state index in [9.17, 15) is 18.3 Å². The number of alkyl halides is 3. The highest BCUT2D eigenvalue weighted by molar-refractivity contribution is 5.63. The van der Waals surface area contributed by atoms with E-state index in [-0.39, 0.29) is 18.1 Å². The van der Waals surface area contributed by atoms with E-state index < -0.39 is 11.9 Å². The lowest BCUT2D eigenvalue weighted by atomic mass is 10.2. The van der Waals surface area contributed by atoms with Gasteiger partial charge in [-0.3, -0.25) is 0 Å². The molecule has 0 fully saturated rings. The van der Waals surface area contributed by atoms with Crippen molar-refractivity contribution in [2.45, 2.75) is 12.7 Å². The Kier molecular flexibility index (Phi) is 4.04. The predicted octanol–water partition coefficient (Wildman–Crippen LogP) is 3.03. The monoisotopic (exact) mass is 297 g/mol. The summed E-state index contributed by atoms with van der Waals surface area (Å²) in [6, 6.07) is 8.37. The Balaban J connectivity index is 2.50. The number of rotatable bonds is 3. The molecule has 0 radical (unpaired) electrons. The summed E-state index contributed by atoms with van der Waals surface area (Å²) in [5.41, 5.74) is 5.56. The van der Waals surface area contributed by atoms with Crippen molar-refractivity contribution >= 4 is 11.5 Å². The van der Waals surface area contributed by atoms with Crippen LogP contribution in [0, 0.1) is 0 Å². The van der Waals surface area contributed by atoms with Crippen LogP contribution in [0.2, 0.25) is 0 Å². The molecule has 0 amide bonds. The van der Waals surface area contributed by atoms with Gasteiger partial charge in [-0.2, -0.15) is 13.2 Å². The first-order valence-electron chi connectivity index (χ1n) is 6.13. The highest BCUT2D eigenvalue weighted by Gasteiger charge is 2.33. The van der Waals surface area contributed by atoms with Gasteiger partial charge >= 0.3 is 6.18 Å². The Hall–Kier alpha value is -2.28. The second-order valence-electron chi connectivity index (χ2n) is 4.46. The third-order valence-corrected chi connectivity index (χ3v) is 3.00. The van der Waals surface area contributed by atoms with Crippen molar-refractivity contribution in [2.75, 3.05) is 11.9 Å². The van der Waals surface area contributed by atoms with E-state index in [1.54, 1.807) is 19.2 Å². The number of anilines is 2. The molecule has 1 aromatic carbocycles. The topological polar surface area (TPSA) is 62.4 Å². The minimum Gasteiger partial charge on any atom is -0.508 e. The number of halogens is 3. The van der Waals surface area contributed by atoms with Gasteiger partial charge in [-0.25, -0.2) is 4.98 Å². The van der Waals surface area contributed by atoms with Crippen LogP contribution in [0.1, 0.15) is 11.3 Å². The van der Waals surface area contributed by atoms with Crippen molar-refractivity contribution in [3.8, 4) is 5.75 Å². The molecule has 3 N–H and O–H groups in total. The summed E-state index contributed by atoms with van der Waals surface area (Å²) >= 11 is 0. The van der Waals surface area contributed by atoms with Crippen molar-refractivity contribution in [2.24, 2.45) is 5.73 Å². The standard InChI is InChI=1S/C14H14F3N3O/c1-20(10-3-2-4-11(21)7-10)13-9(8-18)5-6-12(19-13)14(15,16)17/h2-7,21H,8,18H2,1H3. The van der Waals surface area contributed by atoms with Crippen LogP contribution in [-0.2, 0) is 12.7 Å². The van der Waals surface area contributed by atoms with Crippen molar-refractivity contribution in [3.05, 3.63) is 47.7 Å². The van der Waals surface area contributed by atoms with Crippen LogP contribution >= 0.6 is 0 Å². The fourth-order valence-corrected chi connectivity index (χ4v) is 1.91. The van der Waals surface area contributed by atoms with Gasteiger partial charge in [-0.1, -0.05) is 12.1 Å². The van der Waals surface area contributed by atoms with Crippen LogP contribution in [0.4, 0.5) is 24.7 Å². The summed E-state index contributed by atoms with van der Waals surface area (Å²) in [5, 5.41) is 9.47. The van der Waals surface area contributed by atoms with Gasteiger partial charge in [0.05, 0.1) is 0 Å². The summed E-state index contributed by atoms with van der Waals surface area (Å²) in [6.45, 7) is 0.0592. The van der Waals surface area contributed by atoms with E-state index in [1.807, 2.05) is 0 Å². The van der Waals surface area contributed by atoms with Crippen LogP contribution in [0.3, 0.4) is 0 Å². The quantitative estimate of drug-likeness (QED) is 0.914. The lowest BCUT2D eigenvalue weighted by molar-refractivity contribution is -0.141. The van der Waals surface area contributed by atoms with Crippen molar-refractivity contribution in [3.63, 3.8) is 0 Å². The van der Waals surface area contributed by atoms with E-state index in [2.05, 4.69) is 4.98 Å². The SMILES string of the molecule is CN(c1cccc(O)c1)c1nc(C(F)(F)F)ccc1CN. The van der Waals surface area contributed by atoms with Gasteiger partial charge in [-0.15, -0.1) is 0 Å². The fraction of sp³-hybridized carbons (Fsp3) is 0.214. The molecule has 2 rings (SSSR count). The average molecular weight is 297 g/mol. The van der Waals surface area contributed by atoms with Crippen LogP contribution in [-0.4, -0.2) is 17.1 Å². The van der Waals surface area contributed by atoms with E-state index in [1.165, 1.54) is 23.1 Å². The number of benzene rings is 1. The number of pyridine rings is 1. The van der Waals surface area contributed by atoms with Gasteiger partial charge in [0.15, 0.2) is 0 Å². The molecule has 1 aromatic heterocycles. The lowest BCUT2D eigenvalue weighted by Crippen LogP contribution is -2.18. The zero-order valence-electron chi connectivity index (χ0n) is 11.2. The summed E-state index contributed by atoms with van der Waals surface area (Å²) < 4.78 is 38.3. The molecule has 1 heterocycles. The number of phenolic OH excluding ortho intramolecular Hbond substituents is 1. The molecule has 0 aliphatic heterocycles. The largest absolute Gasteiger partial charge is 0.508 e. The fourth-order valence-electron chi connectivity index (χ4n) is 1.91. The molecule has 0 saturated carbocycles. The Labute approximate surface area is 119 Å². The first-order chi connectivity index (χ1) is 9.82. The van der Waals surface area contributed by atoms with Crippen molar-refractivity contribution in [1.29, 1.82) is 0 Å². The Morgan fingerprint density at radius 3 is 2.52 bits per heavy atom. The highest BCUT2D eigenvalue weighted by atomic mass is 19.4. The number of aromatic hydroxyl groups is 1. The number of nitrogens with zero attached hydrogens (tertiary/aromatic N) is 2. The molecule has 0 bridgehead atoms. The van der Waals surface area contributed by atoms with Gasteiger partial charge in [-0.05, 0) is 18.2 Å². The molecular weight excluding hydrogens is 283 g/mol. The maximum absolute atomic E-state index is 12.8. The molecule has 0 atom stereocenters. The summed E-state index contributed by atoms with van der Waals surface area (Å²) in [7, 11) is 1.57. The molecule has 2 aromatic rings. The number of hydrogen-bond donors (Lipinski definition) is 2. The first-order valence-corrected chi connectivity index (χ1v) is 6.13. The first kappa shape index (κ1) is 15.1. The van der Waals surface area contributed by atoms with Crippen molar-refractivity contribution in [1.82, 2.24) is 4.98 Å². The van der Waals surface area contributed by atoms with Crippen LogP contribution in [0.15, 0.2) is 36.4 Å². The molecule has 0 saturated heterocycles. The second kappa shape index (κ2) is 5.61. The van der Waals surface area contributed by atoms with Gasteiger partial charge in [0.1, 0.15) is 17.3 Å². The normalized spacial score (nSPS) is 11.5. The highest BCUT2D eigenvalue weighted by Crippen LogP contribution is 2.33. The number of nitrogens with two attached hydrogens (primary N) is 1. The molecule has 0 spiro atoms. The average Bonchev–Trinajstić information content (AvgIpc) is 2.44. The number of aromatic nitrogens is 1. The molecule has 4 nitrogen and oxygen atoms in total. The van der Waals surface area contributed by atoms with Crippen LogP contribution in [0.5, 0.6) is 5.75 Å². The number of phenols is 1. The van der Waals surface area contributed by atoms with Gasteiger partial charge in [0.2, 0.25) is 0 Å². The minimum atomic E-state index is -4.53. The van der Waals surface area contributed by atoms with Crippen LogP contribution < -0.4 is 10.6 Å². The summed E-state index contributed by atoms with van der Waals surface area (Å²) in [5.74, 6) is 0.124. The summed E-state index contributed by atoms with van der Waals surface area (Å²) in [4.78, 5) is 5.12. The number of hydrogen-bond acceptors (Lipinski definition) is 4. The minimum absolute atomic E-state index is 0.0145. The maximum atomic E-state index is 12.8. The molecule has 0 unspecified atom stereocenters. The molecule has 21 heavy (non-hydrogen) atoms. The van der Waals surface area contributed by atoms with E-state index in [0.29, 0.717) is 11.3 Å². The molecule has 112 valence electrons. The molecular formula is C14H14F3N3O. The molecule has 0 aliphatic rings. The zero-order chi connectivity index (χ0) is 15.6. The van der Waals surface area contributed by atoms with Gasteiger partial charge < -0.3 is 15.7 Å². The Morgan fingerprint density at radius 1 is 1.24 bits per heavy atom. The lowest BCUT2D eigenvalue weighted by Gasteiger charge is -2.22. The predicted molar refractivity (Wildman–Crippen MR) is 73.3 cm³/mol. The zero-order valence-corrected chi connectivity index (χ0v) is 11.2. The van der Waals surface area contributed by atoms with Crippen molar-refractivity contribution < 1.29 is 18.3 Å². The smallest absolute Gasteiger partial charge is 0.433 e. The second-order valence-corrected chi connectivity index (χ2v) is 4.46. The third-order valence-electron chi connectivity index (χ3n) is 3.00. The molecule has 0 aliphatic carbocycles. The molecule has 7 heteroatoms. The Morgan fingerprint density at radius 2 is 1.95 bits per heavy atom.